The molecular formula is C16H23FN2O2. The Morgan fingerprint density at radius 3 is 2.57 bits per heavy atom. The van der Waals surface area contributed by atoms with E-state index in [-0.39, 0.29) is 18.0 Å². The predicted octanol–water partition coefficient (Wildman–Crippen LogP) is 2.51. The van der Waals surface area contributed by atoms with E-state index in [1.54, 1.807) is 19.1 Å². The first-order chi connectivity index (χ1) is 10.0. The Morgan fingerprint density at radius 2 is 1.95 bits per heavy atom. The van der Waals surface area contributed by atoms with Gasteiger partial charge in [-0.2, -0.15) is 0 Å². The molecule has 2 amide bonds. The highest BCUT2D eigenvalue weighted by Gasteiger charge is 2.21. The minimum atomic E-state index is -0.516. The van der Waals surface area contributed by atoms with Gasteiger partial charge in [0.15, 0.2) is 0 Å². The molecule has 0 aromatic heterocycles. The van der Waals surface area contributed by atoms with Gasteiger partial charge in [-0.1, -0.05) is 26.0 Å². The van der Waals surface area contributed by atoms with Crippen LogP contribution in [0, 0.1) is 12.7 Å². The molecule has 0 radical (unpaired) electrons. The van der Waals surface area contributed by atoms with E-state index < -0.39 is 11.7 Å². The quantitative estimate of drug-likeness (QED) is 0.840. The Kier molecular flexibility index (Phi) is 6.85. The Morgan fingerprint density at radius 1 is 1.24 bits per heavy atom. The van der Waals surface area contributed by atoms with E-state index in [0.717, 1.165) is 6.42 Å². The number of amides is 2. The number of hydrogen-bond acceptors (Lipinski definition) is 2. The van der Waals surface area contributed by atoms with Crippen molar-refractivity contribution in [1.29, 1.82) is 0 Å². The smallest absolute Gasteiger partial charge is 0.257 e. The van der Waals surface area contributed by atoms with Crippen LogP contribution in [0.3, 0.4) is 0 Å². The van der Waals surface area contributed by atoms with Crippen molar-refractivity contribution in [1.82, 2.24) is 10.2 Å². The first-order valence-corrected chi connectivity index (χ1v) is 7.32. The van der Waals surface area contributed by atoms with Crippen molar-refractivity contribution in [2.24, 2.45) is 0 Å². The molecule has 1 aromatic rings. The normalized spacial score (nSPS) is 10.3. The van der Waals surface area contributed by atoms with Crippen molar-refractivity contribution >= 4 is 11.8 Å². The summed E-state index contributed by atoms with van der Waals surface area (Å²) in [6.07, 6.45) is 1.54. The van der Waals surface area contributed by atoms with E-state index in [1.165, 1.54) is 11.0 Å². The largest absolute Gasteiger partial charge is 0.355 e. The van der Waals surface area contributed by atoms with Gasteiger partial charge in [0, 0.05) is 13.1 Å². The summed E-state index contributed by atoms with van der Waals surface area (Å²) in [4.78, 5) is 25.6. The number of aryl methyl sites for hydroxylation is 1. The predicted molar refractivity (Wildman–Crippen MR) is 80.6 cm³/mol. The number of carbonyl (C=O) groups is 2. The van der Waals surface area contributed by atoms with Crippen LogP contribution in [-0.2, 0) is 4.79 Å². The number of hydrogen-bond donors (Lipinski definition) is 1. The molecule has 116 valence electrons. The van der Waals surface area contributed by atoms with Gasteiger partial charge in [0.1, 0.15) is 5.82 Å². The molecule has 0 fully saturated rings. The molecule has 1 rings (SSSR count). The van der Waals surface area contributed by atoms with Crippen LogP contribution in [0.2, 0.25) is 0 Å². The van der Waals surface area contributed by atoms with Crippen LogP contribution in [0.25, 0.3) is 0 Å². The molecule has 0 aliphatic heterocycles. The fraction of sp³-hybridized carbons (Fsp3) is 0.500. The molecule has 21 heavy (non-hydrogen) atoms. The highest BCUT2D eigenvalue weighted by Crippen LogP contribution is 2.14. The molecule has 0 aliphatic carbocycles. The number of nitrogens with zero attached hydrogens (tertiary/aromatic N) is 1. The molecular weight excluding hydrogens is 271 g/mol. The standard InChI is InChI=1S/C16H23FN2O2/c1-4-9-18-14(20)11-19(10-5-2)16(21)13-8-6-7-12(3)15(13)17/h6-8H,4-5,9-11H2,1-3H3,(H,18,20). The van der Waals surface area contributed by atoms with Crippen molar-refractivity contribution in [3.63, 3.8) is 0 Å². The van der Waals surface area contributed by atoms with Crippen LogP contribution in [-0.4, -0.2) is 36.3 Å². The molecule has 0 heterocycles. The number of nitrogens with one attached hydrogen (secondary N) is 1. The summed E-state index contributed by atoms with van der Waals surface area (Å²) in [5.41, 5.74) is 0.444. The van der Waals surface area contributed by atoms with Crippen molar-refractivity contribution in [2.45, 2.75) is 33.6 Å². The Labute approximate surface area is 125 Å². The highest BCUT2D eigenvalue weighted by molar-refractivity contribution is 5.96. The Bertz CT molecular complexity index is 503. The van der Waals surface area contributed by atoms with Crippen LogP contribution < -0.4 is 5.32 Å². The van der Waals surface area contributed by atoms with Gasteiger partial charge in [0.05, 0.1) is 12.1 Å². The molecule has 5 heteroatoms. The third kappa shape index (κ3) is 4.85. The fourth-order valence-electron chi connectivity index (χ4n) is 2.00. The van der Waals surface area contributed by atoms with Crippen molar-refractivity contribution in [3.05, 3.63) is 35.1 Å². The van der Waals surface area contributed by atoms with Gasteiger partial charge in [-0.25, -0.2) is 4.39 Å². The second kappa shape index (κ2) is 8.39. The molecule has 0 saturated carbocycles. The van der Waals surface area contributed by atoms with Gasteiger partial charge in [-0.15, -0.1) is 0 Å². The van der Waals surface area contributed by atoms with Gasteiger partial charge in [0.2, 0.25) is 5.91 Å². The number of halogens is 1. The van der Waals surface area contributed by atoms with Crippen LogP contribution in [0.15, 0.2) is 18.2 Å². The summed E-state index contributed by atoms with van der Waals surface area (Å²) in [5.74, 6) is -1.17. The SMILES string of the molecule is CCCNC(=O)CN(CCC)C(=O)c1cccc(C)c1F. The maximum Gasteiger partial charge on any atom is 0.257 e. The summed E-state index contributed by atoms with van der Waals surface area (Å²) in [7, 11) is 0. The van der Waals surface area contributed by atoms with Gasteiger partial charge in [0.25, 0.3) is 5.91 Å². The Balaban J connectivity index is 2.86. The van der Waals surface area contributed by atoms with Crippen molar-refractivity contribution in [3.8, 4) is 0 Å². The zero-order chi connectivity index (χ0) is 15.8. The number of benzene rings is 1. The molecule has 0 bridgehead atoms. The van der Waals surface area contributed by atoms with Crippen molar-refractivity contribution < 1.29 is 14.0 Å². The zero-order valence-corrected chi connectivity index (χ0v) is 12.9. The first kappa shape index (κ1) is 17.1. The Hall–Kier alpha value is -1.91. The van der Waals surface area contributed by atoms with E-state index in [2.05, 4.69) is 5.32 Å². The highest BCUT2D eigenvalue weighted by atomic mass is 19.1. The lowest BCUT2D eigenvalue weighted by atomic mass is 10.1. The fourth-order valence-corrected chi connectivity index (χ4v) is 2.00. The van der Waals surface area contributed by atoms with E-state index in [4.69, 9.17) is 0 Å². The molecule has 1 N–H and O–H groups in total. The third-order valence-electron chi connectivity index (χ3n) is 3.11. The second-order valence-corrected chi connectivity index (χ2v) is 5.01. The lowest BCUT2D eigenvalue weighted by Crippen LogP contribution is -2.41. The van der Waals surface area contributed by atoms with Gasteiger partial charge >= 0.3 is 0 Å². The molecule has 0 saturated heterocycles. The number of carbonyl (C=O) groups excluding carboxylic acids is 2. The summed E-state index contributed by atoms with van der Waals surface area (Å²) < 4.78 is 14.0. The molecule has 1 aromatic carbocycles. The lowest BCUT2D eigenvalue weighted by molar-refractivity contribution is -0.121. The average Bonchev–Trinajstić information content (AvgIpc) is 2.47. The monoisotopic (exact) mass is 294 g/mol. The van der Waals surface area contributed by atoms with Crippen LogP contribution in [0.5, 0.6) is 0 Å². The summed E-state index contributed by atoms with van der Waals surface area (Å²) in [6.45, 7) is 6.44. The van der Waals surface area contributed by atoms with E-state index >= 15 is 0 Å². The minimum Gasteiger partial charge on any atom is -0.355 e. The summed E-state index contributed by atoms with van der Waals surface area (Å²) in [5, 5.41) is 2.73. The minimum absolute atomic E-state index is 0.0201. The van der Waals surface area contributed by atoms with Gasteiger partial charge < -0.3 is 10.2 Å². The average molecular weight is 294 g/mol. The van der Waals surface area contributed by atoms with Gasteiger partial charge in [-0.05, 0) is 31.4 Å². The summed E-state index contributed by atoms with van der Waals surface area (Å²) in [6, 6.07) is 4.72. The molecule has 0 aliphatic rings. The molecule has 0 spiro atoms. The third-order valence-corrected chi connectivity index (χ3v) is 3.11. The zero-order valence-electron chi connectivity index (χ0n) is 12.9. The lowest BCUT2D eigenvalue weighted by Gasteiger charge is -2.22. The number of rotatable bonds is 7. The van der Waals surface area contributed by atoms with Crippen LogP contribution >= 0.6 is 0 Å². The van der Waals surface area contributed by atoms with E-state index in [0.29, 0.717) is 25.1 Å². The first-order valence-electron chi connectivity index (χ1n) is 7.32. The second-order valence-electron chi connectivity index (χ2n) is 5.01. The topological polar surface area (TPSA) is 49.4 Å². The maximum absolute atomic E-state index is 14.0. The van der Waals surface area contributed by atoms with E-state index in [1.807, 2.05) is 13.8 Å². The molecule has 0 atom stereocenters. The van der Waals surface area contributed by atoms with Crippen LogP contribution in [0.4, 0.5) is 4.39 Å². The van der Waals surface area contributed by atoms with E-state index in [9.17, 15) is 14.0 Å². The van der Waals surface area contributed by atoms with Gasteiger partial charge in [-0.3, -0.25) is 9.59 Å². The van der Waals surface area contributed by atoms with Crippen molar-refractivity contribution in [2.75, 3.05) is 19.6 Å². The molecule has 4 nitrogen and oxygen atoms in total. The van der Waals surface area contributed by atoms with Crippen LogP contribution in [0.1, 0.15) is 42.6 Å². The summed E-state index contributed by atoms with van der Waals surface area (Å²) >= 11 is 0. The maximum atomic E-state index is 14.0. The molecule has 0 unspecified atom stereocenters.